The van der Waals surface area contributed by atoms with Gasteiger partial charge in [-0.3, -0.25) is 0 Å². The first-order valence-electron chi connectivity index (χ1n) is 3.67. The highest BCUT2D eigenvalue weighted by molar-refractivity contribution is 7.81. The van der Waals surface area contributed by atoms with Crippen molar-refractivity contribution in [3.05, 3.63) is 24.3 Å². The van der Waals surface area contributed by atoms with Crippen molar-refractivity contribution < 1.29 is 0 Å². The van der Waals surface area contributed by atoms with Gasteiger partial charge in [0, 0.05) is 13.1 Å². The Morgan fingerprint density at radius 3 is 3.00 bits per heavy atom. The Morgan fingerprint density at radius 1 is 1.36 bits per heavy atom. The van der Waals surface area contributed by atoms with Crippen LogP contribution in [-0.4, -0.2) is 13.1 Å². The van der Waals surface area contributed by atoms with E-state index in [4.69, 9.17) is 0 Å². The normalized spacial score (nSPS) is 15.5. The maximum atomic E-state index is 4.33. The third kappa shape index (κ3) is 1.16. The smallest absolute Gasteiger partial charge is 0.0700 e. The zero-order valence-corrected chi connectivity index (χ0v) is 7.01. The molecule has 0 saturated heterocycles. The van der Waals surface area contributed by atoms with Crippen LogP contribution < -0.4 is 9.62 Å². The molecule has 2 nitrogen and oxygen atoms in total. The van der Waals surface area contributed by atoms with E-state index in [2.05, 4.69) is 30.3 Å². The fraction of sp³-hybridized carbons (Fsp3) is 0.250. The third-order valence-corrected chi connectivity index (χ3v) is 2.24. The number of fused-ring (bicyclic) bond motifs is 1. The standard InChI is InChI=1S/C8H10N2S/c11-10-6-5-9-7-3-1-2-4-8(7)10/h1-4,9,11H,5-6H2. The van der Waals surface area contributed by atoms with Crippen molar-refractivity contribution in [2.24, 2.45) is 0 Å². The molecule has 0 bridgehead atoms. The van der Waals surface area contributed by atoms with Crippen molar-refractivity contribution in [2.45, 2.75) is 0 Å². The molecule has 0 aliphatic carbocycles. The summed E-state index contributed by atoms with van der Waals surface area (Å²) in [4.78, 5) is 0. The minimum atomic E-state index is 0.958. The molecule has 1 aliphatic rings. The molecular formula is C8H10N2S. The second-order valence-electron chi connectivity index (χ2n) is 2.57. The van der Waals surface area contributed by atoms with Crippen LogP contribution in [0.4, 0.5) is 11.4 Å². The molecule has 0 atom stereocenters. The van der Waals surface area contributed by atoms with E-state index in [-0.39, 0.29) is 0 Å². The van der Waals surface area contributed by atoms with Crippen molar-refractivity contribution in [2.75, 3.05) is 22.7 Å². The average molecular weight is 166 g/mol. The minimum Gasteiger partial charge on any atom is -0.382 e. The highest BCUT2D eigenvalue weighted by Gasteiger charge is 2.11. The van der Waals surface area contributed by atoms with Gasteiger partial charge in [0.05, 0.1) is 11.4 Å². The molecule has 1 aromatic rings. The molecule has 11 heavy (non-hydrogen) atoms. The van der Waals surface area contributed by atoms with Crippen LogP contribution in [0.5, 0.6) is 0 Å². The molecule has 0 saturated carbocycles. The van der Waals surface area contributed by atoms with E-state index in [1.54, 1.807) is 0 Å². The summed E-state index contributed by atoms with van der Waals surface area (Å²) in [5.74, 6) is 0. The lowest BCUT2D eigenvalue weighted by atomic mass is 10.2. The molecule has 1 aromatic carbocycles. The van der Waals surface area contributed by atoms with Crippen molar-refractivity contribution >= 4 is 24.2 Å². The molecule has 0 fully saturated rings. The summed E-state index contributed by atoms with van der Waals surface area (Å²) in [6.45, 7) is 1.93. The lowest BCUT2D eigenvalue weighted by molar-refractivity contribution is 0.987. The Bertz CT molecular complexity index is 262. The predicted molar refractivity (Wildman–Crippen MR) is 51.3 cm³/mol. The minimum absolute atomic E-state index is 0.958. The zero-order chi connectivity index (χ0) is 7.68. The fourth-order valence-electron chi connectivity index (χ4n) is 1.27. The average Bonchev–Trinajstić information content (AvgIpc) is 2.06. The SMILES string of the molecule is SN1CCNc2ccccc21. The molecule has 3 heteroatoms. The van der Waals surface area contributed by atoms with E-state index in [0.29, 0.717) is 0 Å². The maximum Gasteiger partial charge on any atom is 0.0700 e. The predicted octanol–water partition coefficient (Wildman–Crippen LogP) is 1.76. The first kappa shape index (κ1) is 6.85. The number of nitrogens with one attached hydrogen (secondary N) is 1. The number of nitrogens with zero attached hydrogens (tertiary/aromatic N) is 1. The van der Waals surface area contributed by atoms with Crippen LogP contribution in [0.1, 0.15) is 0 Å². The molecule has 1 N–H and O–H groups in total. The summed E-state index contributed by atoms with van der Waals surface area (Å²) < 4.78 is 1.96. The molecule has 0 unspecified atom stereocenters. The van der Waals surface area contributed by atoms with Crippen molar-refractivity contribution in [3.8, 4) is 0 Å². The van der Waals surface area contributed by atoms with Gasteiger partial charge in [0.2, 0.25) is 0 Å². The van der Waals surface area contributed by atoms with E-state index in [9.17, 15) is 0 Å². The fourth-order valence-corrected chi connectivity index (χ4v) is 1.54. The Morgan fingerprint density at radius 2 is 2.18 bits per heavy atom. The Hall–Kier alpha value is -0.830. The molecule has 58 valence electrons. The van der Waals surface area contributed by atoms with Gasteiger partial charge in [-0.15, -0.1) is 0 Å². The number of anilines is 2. The van der Waals surface area contributed by atoms with Crippen LogP contribution in [0.2, 0.25) is 0 Å². The van der Waals surface area contributed by atoms with Crippen molar-refractivity contribution in [3.63, 3.8) is 0 Å². The van der Waals surface area contributed by atoms with Gasteiger partial charge in [0.1, 0.15) is 0 Å². The van der Waals surface area contributed by atoms with E-state index in [1.807, 2.05) is 16.4 Å². The van der Waals surface area contributed by atoms with Crippen molar-refractivity contribution in [1.82, 2.24) is 0 Å². The molecule has 0 amide bonds. The van der Waals surface area contributed by atoms with E-state index >= 15 is 0 Å². The van der Waals surface area contributed by atoms with Crippen LogP contribution in [0.15, 0.2) is 24.3 Å². The molecular weight excluding hydrogens is 156 g/mol. The van der Waals surface area contributed by atoms with Crippen LogP contribution in [-0.2, 0) is 0 Å². The number of rotatable bonds is 0. The Balaban J connectivity index is 2.44. The van der Waals surface area contributed by atoms with Crippen molar-refractivity contribution in [1.29, 1.82) is 0 Å². The van der Waals surface area contributed by atoms with E-state index < -0.39 is 0 Å². The van der Waals surface area contributed by atoms with Gasteiger partial charge in [0.15, 0.2) is 0 Å². The number of thiol groups is 1. The highest BCUT2D eigenvalue weighted by atomic mass is 32.1. The summed E-state index contributed by atoms with van der Waals surface area (Å²) in [6.07, 6.45) is 0. The summed E-state index contributed by atoms with van der Waals surface area (Å²) in [5.41, 5.74) is 2.34. The van der Waals surface area contributed by atoms with Gasteiger partial charge in [-0.2, -0.15) is 0 Å². The zero-order valence-electron chi connectivity index (χ0n) is 6.12. The molecule has 1 aliphatic heterocycles. The lowest BCUT2D eigenvalue weighted by Gasteiger charge is -2.26. The quantitative estimate of drug-likeness (QED) is 0.571. The molecule has 2 rings (SSSR count). The Labute approximate surface area is 71.8 Å². The van der Waals surface area contributed by atoms with Gasteiger partial charge < -0.3 is 9.62 Å². The summed E-state index contributed by atoms with van der Waals surface area (Å²) in [7, 11) is 0. The maximum absolute atomic E-state index is 4.33. The first-order valence-corrected chi connectivity index (χ1v) is 4.07. The van der Waals surface area contributed by atoms with Crippen LogP contribution >= 0.6 is 12.8 Å². The number of hydrogen-bond donors (Lipinski definition) is 2. The summed E-state index contributed by atoms with van der Waals surface area (Å²) in [5, 5.41) is 3.30. The van der Waals surface area contributed by atoms with E-state index in [0.717, 1.165) is 13.1 Å². The van der Waals surface area contributed by atoms with Crippen LogP contribution in [0.3, 0.4) is 0 Å². The topological polar surface area (TPSA) is 15.3 Å². The summed E-state index contributed by atoms with van der Waals surface area (Å²) in [6, 6.07) is 8.18. The molecule has 0 aromatic heterocycles. The molecule has 0 spiro atoms. The van der Waals surface area contributed by atoms with Crippen LogP contribution in [0.25, 0.3) is 0 Å². The van der Waals surface area contributed by atoms with Crippen LogP contribution in [0, 0.1) is 0 Å². The van der Waals surface area contributed by atoms with Gasteiger partial charge in [-0.05, 0) is 12.1 Å². The Kier molecular flexibility index (Phi) is 1.66. The molecule has 0 radical (unpaired) electrons. The number of hydrogen-bond acceptors (Lipinski definition) is 3. The highest BCUT2D eigenvalue weighted by Crippen LogP contribution is 2.28. The second-order valence-corrected chi connectivity index (χ2v) is 3.05. The molecule has 1 heterocycles. The second kappa shape index (κ2) is 2.66. The first-order chi connectivity index (χ1) is 5.38. The van der Waals surface area contributed by atoms with Gasteiger partial charge >= 0.3 is 0 Å². The summed E-state index contributed by atoms with van der Waals surface area (Å²) >= 11 is 4.33. The monoisotopic (exact) mass is 166 g/mol. The van der Waals surface area contributed by atoms with Gasteiger partial charge in [0.25, 0.3) is 0 Å². The largest absolute Gasteiger partial charge is 0.382 e. The lowest BCUT2D eigenvalue weighted by Crippen LogP contribution is -2.26. The number of para-hydroxylation sites is 2. The number of benzene rings is 1. The van der Waals surface area contributed by atoms with Gasteiger partial charge in [-0.1, -0.05) is 24.9 Å². The third-order valence-electron chi connectivity index (χ3n) is 1.82. The van der Waals surface area contributed by atoms with Gasteiger partial charge in [-0.25, -0.2) is 0 Å². The van der Waals surface area contributed by atoms with E-state index in [1.165, 1.54) is 11.4 Å².